The molecule has 0 aliphatic carbocycles. The van der Waals surface area contributed by atoms with Crippen molar-refractivity contribution >= 4 is 21.6 Å². The zero-order chi connectivity index (χ0) is 8.97. The Morgan fingerprint density at radius 2 is 2.33 bits per heavy atom. The largest absolute Gasteiger partial charge is 0.398 e. The molecule has 0 aliphatic rings. The van der Waals surface area contributed by atoms with Gasteiger partial charge in [-0.15, -0.1) is 0 Å². The number of halogens is 1. The zero-order valence-electron chi connectivity index (χ0n) is 6.80. The van der Waals surface area contributed by atoms with Crippen LogP contribution in [0, 0.1) is 0 Å². The van der Waals surface area contributed by atoms with Crippen LogP contribution in [0.3, 0.4) is 0 Å². The van der Waals surface area contributed by atoms with Gasteiger partial charge < -0.3 is 10.6 Å². The monoisotopic (exact) mass is 230 g/mol. The van der Waals surface area contributed by atoms with E-state index in [9.17, 15) is 0 Å². The lowest BCUT2D eigenvalue weighted by Gasteiger charge is -2.04. The van der Waals surface area contributed by atoms with Crippen LogP contribution in [-0.2, 0) is 11.4 Å². The predicted molar refractivity (Wildman–Crippen MR) is 52.4 cm³/mol. The minimum atomic E-state index is 0.661. The quantitative estimate of drug-likeness (QED) is 0.614. The number of nitrogens with two attached hydrogens (primary N) is 1. The van der Waals surface area contributed by atoms with Crippen molar-refractivity contribution in [2.75, 3.05) is 12.8 Å². The molecule has 0 heterocycles. The Morgan fingerprint density at radius 3 is 2.92 bits per heavy atom. The van der Waals surface area contributed by atoms with Crippen LogP contribution >= 0.6 is 15.9 Å². The number of hydrogen-bond acceptors (Lipinski definition) is 3. The summed E-state index contributed by atoms with van der Waals surface area (Å²) in [7, 11) is 1.59. The summed E-state index contributed by atoms with van der Waals surface area (Å²) in [6.07, 6.45) is 0. The molecule has 4 heteroatoms. The second-order valence-electron chi connectivity index (χ2n) is 2.38. The fourth-order valence-corrected chi connectivity index (χ4v) is 1.11. The van der Waals surface area contributed by atoms with E-state index < -0.39 is 0 Å². The summed E-state index contributed by atoms with van der Waals surface area (Å²) in [5.74, 6) is 0. The van der Waals surface area contributed by atoms with Crippen LogP contribution in [-0.4, -0.2) is 7.11 Å². The Labute approximate surface area is 80.0 Å². The molecule has 1 aromatic rings. The predicted octanol–water partition coefficient (Wildman–Crippen LogP) is 1.68. The average Bonchev–Trinajstić information content (AvgIpc) is 2.07. The molecule has 0 aromatic heterocycles. The van der Waals surface area contributed by atoms with Crippen LogP contribution in [0.2, 0.25) is 0 Å². The maximum absolute atomic E-state index is 5.68. The van der Waals surface area contributed by atoms with Gasteiger partial charge in [-0.1, -0.05) is 6.07 Å². The van der Waals surface area contributed by atoms with Crippen molar-refractivity contribution in [3.8, 4) is 0 Å². The molecule has 0 saturated carbocycles. The normalized spacial score (nSPS) is 10.2. The smallest absolute Gasteiger partial charge is 0.0572 e. The Balaban J connectivity index is 2.69. The van der Waals surface area contributed by atoms with E-state index in [1.807, 2.05) is 18.2 Å². The first kappa shape index (κ1) is 9.51. The molecule has 0 bridgehead atoms. The lowest BCUT2D eigenvalue weighted by atomic mass is 10.2. The molecule has 0 spiro atoms. The molecule has 0 radical (unpaired) electrons. The van der Waals surface area contributed by atoms with Gasteiger partial charge in [0.05, 0.1) is 7.11 Å². The van der Waals surface area contributed by atoms with Crippen LogP contribution < -0.4 is 11.2 Å². The first-order valence-electron chi connectivity index (χ1n) is 3.54. The minimum Gasteiger partial charge on any atom is -0.398 e. The second kappa shape index (κ2) is 4.45. The van der Waals surface area contributed by atoms with Gasteiger partial charge in [-0.05, 0) is 33.6 Å². The molecule has 0 fully saturated rings. The van der Waals surface area contributed by atoms with Crippen molar-refractivity contribution in [2.45, 2.75) is 6.54 Å². The summed E-state index contributed by atoms with van der Waals surface area (Å²) < 4.78 is 0.920. The SMILES string of the molecule is CONCc1ccc(Br)c(N)c1. The topological polar surface area (TPSA) is 47.3 Å². The van der Waals surface area contributed by atoms with Crippen molar-refractivity contribution in [1.29, 1.82) is 0 Å². The molecular formula is C8H11BrN2O. The molecule has 0 amide bonds. The van der Waals surface area contributed by atoms with Gasteiger partial charge in [0.15, 0.2) is 0 Å². The van der Waals surface area contributed by atoms with Gasteiger partial charge in [-0.25, -0.2) is 0 Å². The highest BCUT2D eigenvalue weighted by molar-refractivity contribution is 9.10. The molecule has 12 heavy (non-hydrogen) atoms. The number of nitrogen functional groups attached to an aromatic ring is 1. The van der Waals surface area contributed by atoms with Crippen LogP contribution in [0.5, 0.6) is 0 Å². The summed E-state index contributed by atoms with van der Waals surface area (Å²) in [5, 5.41) is 0. The molecule has 66 valence electrons. The van der Waals surface area contributed by atoms with Crippen LogP contribution in [0.25, 0.3) is 0 Å². The van der Waals surface area contributed by atoms with Gasteiger partial charge in [0.1, 0.15) is 0 Å². The van der Waals surface area contributed by atoms with Crippen LogP contribution in [0.15, 0.2) is 22.7 Å². The molecule has 0 aliphatic heterocycles. The van der Waals surface area contributed by atoms with Crippen molar-refractivity contribution < 1.29 is 4.84 Å². The van der Waals surface area contributed by atoms with E-state index in [2.05, 4.69) is 21.4 Å². The van der Waals surface area contributed by atoms with Gasteiger partial charge in [0.25, 0.3) is 0 Å². The second-order valence-corrected chi connectivity index (χ2v) is 3.24. The maximum Gasteiger partial charge on any atom is 0.0572 e. The van der Waals surface area contributed by atoms with Gasteiger partial charge >= 0.3 is 0 Å². The number of anilines is 1. The number of rotatable bonds is 3. The minimum absolute atomic E-state index is 0.661. The summed E-state index contributed by atoms with van der Waals surface area (Å²) in [5.41, 5.74) is 10.3. The number of hydrogen-bond donors (Lipinski definition) is 2. The van der Waals surface area contributed by atoms with E-state index in [1.165, 1.54) is 0 Å². The lowest BCUT2D eigenvalue weighted by Crippen LogP contribution is -2.10. The van der Waals surface area contributed by atoms with Crippen LogP contribution in [0.4, 0.5) is 5.69 Å². The molecular weight excluding hydrogens is 220 g/mol. The first-order valence-corrected chi connectivity index (χ1v) is 4.33. The van der Waals surface area contributed by atoms with E-state index in [0.717, 1.165) is 15.7 Å². The summed E-state index contributed by atoms with van der Waals surface area (Å²) >= 11 is 3.32. The highest BCUT2D eigenvalue weighted by Gasteiger charge is 1.96. The average molecular weight is 231 g/mol. The van der Waals surface area contributed by atoms with E-state index >= 15 is 0 Å². The Kier molecular flexibility index (Phi) is 3.52. The Hall–Kier alpha value is -0.580. The summed E-state index contributed by atoms with van der Waals surface area (Å²) in [4.78, 5) is 4.71. The highest BCUT2D eigenvalue weighted by Crippen LogP contribution is 2.19. The third-order valence-corrected chi connectivity index (χ3v) is 2.20. The standard InChI is InChI=1S/C8H11BrN2O/c1-12-11-5-6-2-3-7(9)8(10)4-6/h2-4,11H,5,10H2,1H3. The fourth-order valence-electron chi connectivity index (χ4n) is 0.859. The van der Waals surface area contributed by atoms with E-state index in [1.54, 1.807) is 7.11 Å². The third kappa shape index (κ3) is 2.48. The number of benzene rings is 1. The number of hydroxylamine groups is 1. The van der Waals surface area contributed by atoms with E-state index in [4.69, 9.17) is 10.6 Å². The highest BCUT2D eigenvalue weighted by atomic mass is 79.9. The Morgan fingerprint density at radius 1 is 1.58 bits per heavy atom. The first-order chi connectivity index (χ1) is 5.74. The van der Waals surface area contributed by atoms with Crippen molar-refractivity contribution in [3.05, 3.63) is 28.2 Å². The summed E-state index contributed by atoms with van der Waals surface area (Å²) in [6, 6.07) is 5.80. The molecule has 3 N–H and O–H groups in total. The van der Waals surface area contributed by atoms with Gasteiger partial charge in [0, 0.05) is 16.7 Å². The molecule has 1 rings (SSSR count). The van der Waals surface area contributed by atoms with Gasteiger partial charge in [-0.3, -0.25) is 0 Å². The van der Waals surface area contributed by atoms with Crippen molar-refractivity contribution in [1.82, 2.24) is 5.48 Å². The Bertz CT molecular complexity index is 265. The molecule has 1 aromatic carbocycles. The van der Waals surface area contributed by atoms with Crippen LogP contribution in [0.1, 0.15) is 5.56 Å². The lowest BCUT2D eigenvalue weighted by molar-refractivity contribution is 0.0867. The molecule has 0 atom stereocenters. The number of nitrogens with one attached hydrogen (secondary N) is 1. The molecule has 0 saturated heterocycles. The third-order valence-electron chi connectivity index (χ3n) is 1.48. The van der Waals surface area contributed by atoms with E-state index in [0.29, 0.717) is 6.54 Å². The fraction of sp³-hybridized carbons (Fsp3) is 0.250. The molecule has 3 nitrogen and oxygen atoms in total. The van der Waals surface area contributed by atoms with E-state index in [-0.39, 0.29) is 0 Å². The zero-order valence-corrected chi connectivity index (χ0v) is 8.39. The maximum atomic E-state index is 5.68. The molecule has 0 unspecified atom stereocenters. The van der Waals surface area contributed by atoms with Crippen molar-refractivity contribution in [2.24, 2.45) is 0 Å². The van der Waals surface area contributed by atoms with Crippen molar-refractivity contribution in [3.63, 3.8) is 0 Å². The summed E-state index contributed by atoms with van der Waals surface area (Å²) in [6.45, 7) is 0.661. The van der Waals surface area contributed by atoms with Gasteiger partial charge in [-0.2, -0.15) is 5.48 Å². The van der Waals surface area contributed by atoms with Gasteiger partial charge in [0.2, 0.25) is 0 Å².